The molecule has 1 amide bonds. The fourth-order valence-corrected chi connectivity index (χ4v) is 2.74. The summed E-state index contributed by atoms with van der Waals surface area (Å²) in [5.41, 5.74) is 7.19. The molecule has 124 valence electrons. The van der Waals surface area contributed by atoms with Gasteiger partial charge in [0.15, 0.2) is 5.96 Å². The van der Waals surface area contributed by atoms with Gasteiger partial charge in [-0.05, 0) is 38.1 Å². The number of rotatable bonds is 4. The number of fused-ring (bicyclic) bond motifs is 1. The molecular weight excluding hydrogens is 314 g/mol. The molecule has 0 radical (unpaired) electrons. The molecule has 1 saturated heterocycles. The Kier molecular flexibility index (Phi) is 6.01. The topological polar surface area (TPSA) is 86.5 Å². The number of aliphatic imine (C=N–C) groups is 1. The SMILES string of the molecule is Cl.NC(=NCCN1CCCC1)NC(=O)c1cc2ccccc2[nH]1. The summed E-state index contributed by atoms with van der Waals surface area (Å²) in [6.07, 6.45) is 2.52. The maximum absolute atomic E-state index is 12.1. The van der Waals surface area contributed by atoms with Crippen LogP contribution in [-0.2, 0) is 0 Å². The molecule has 23 heavy (non-hydrogen) atoms. The van der Waals surface area contributed by atoms with Gasteiger partial charge in [-0.2, -0.15) is 0 Å². The highest BCUT2D eigenvalue weighted by Gasteiger charge is 2.12. The van der Waals surface area contributed by atoms with Gasteiger partial charge in [-0.1, -0.05) is 18.2 Å². The van der Waals surface area contributed by atoms with E-state index >= 15 is 0 Å². The molecule has 0 unspecified atom stereocenters. The average Bonchev–Trinajstić information content (AvgIpc) is 3.16. The van der Waals surface area contributed by atoms with Crippen molar-refractivity contribution in [2.24, 2.45) is 10.7 Å². The van der Waals surface area contributed by atoms with E-state index in [0.717, 1.165) is 30.5 Å². The van der Waals surface area contributed by atoms with E-state index in [9.17, 15) is 4.79 Å². The highest BCUT2D eigenvalue weighted by Crippen LogP contribution is 2.14. The predicted octanol–water partition coefficient (Wildman–Crippen LogP) is 1.73. The van der Waals surface area contributed by atoms with Crippen molar-refractivity contribution in [2.75, 3.05) is 26.2 Å². The van der Waals surface area contributed by atoms with Crippen LogP contribution in [0.15, 0.2) is 35.3 Å². The lowest BCUT2D eigenvalue weighted by atomic mass is 10.2. The van der Waals surface area contributed by atoms with Crippen LogP contribution in [0, 0.1) is 0 Å². The van der Waals surface area contributed by atoms with Gasteiger partial charge in [0.2, 0.25) is 0 Å². The molecule has 1 aliphatic heterocycles. The van der Waals surface area contributed by atoms with Crippen molar-refractivity contribution < 1.29 is 4.79 Å². The minimum atomic E-state index is -0.265. The van der Waals surface area contributed by atoms with Crippen LogP contribution in [0.4, 0.5) is 0 Å². The third-order valence-corrected chi connectivity index (χ3v) is 3.91. The number of hydrogen-bond donors (Lipinski definition) is 3. The maximum Gasteiger partial charge on any atom is 0.274 e. The number of nitrogens with one attached hydrogen (secondary N) is 2. The lowest BCUT2D eigenvalue weighted by Gasteiger charge is -2.12. The molecule has 1 fully saturated rings. The Hall–Kier alpha value is -2.05. The van der Waals surface area contributed by atoms with Gasteiger partial charge >= 0.3 is 0 Å². The van der Waals surface area contributed by atoms with Crippen LogP contribution in [0.2, 0.25) is 0 Å². The minimum Gasteiger partial charge on any atom is -0.370 e. The first-order valence-electron chi connectivity index (χ1n) is 7.64. The van der Waals surface area contributed by atoms with Gasteiger partial charge < -0.3 is 15.6 Å². The quantitative estimate of drug-likeness (QED) is 0.587. The van der Waals surface area contributed by atoms with Crippen LogP contribution in [0.5, 0.6) is 0 Å². The number of benzene rings is 1. The molecule has 4 N–H and O–H groups in total. The summed E-state index contributed by atoms with van der Waals surface area (Å²) in [5.74, 6) is -0.0959. The van der Waals surface area contributed by atoms with Crippen LogP contribution < -0.4 is 11.1 Å². The maximum atomic E-state index is 12.1. The molecule has 0 spiro atoms. The number of aromatic nitrogens is 1. The van der Waals surface area contributed by atoms with E-state index in [0.29, 0.717) is 12.2 Å². The second kappa shape index (κ2) is 7.99. The summed E-state index contributed by atoms with van der Waals surface area (Å²) in [4.78, 5) is 21.8. The van der Waals surface area contributed by atoms with E-state index in [1.165, 1.54) is 12.8 Å². The molecule has 7 heteroatoms. The number of hydrogen-bond acceptors (Lipinski definition) is 3. The zero-order valence-corrected chi connectivity index (χ0v) is 13.7. The molecule has 1 aromatic carbocycles. The molecule has 1 aromatic heterocycles. The number of nitrogens with zero attached hydrogens (tertiary/aromatic N) is 2. The van der Waals surface area contributed by atoms with Crippen molar-refractivity contribution in [2.45, 2.75) is 12.8 Å². The number of H-pyrrole nitrogens is 1. The standard InChI is InChI=1S/C16H21N5O.ClH/c17-16(18-7-10-21-8-3-4-9-21)20-15(22)14-11-12-5-1-2-6-13(12)19-14;/h1-2,5-6,11,19H,3-4,7-10H2,(H3,17,18,20,22);1H. The first-order chi connectivity index (χ1) is 10.7. The van der Waals surface area contributed by atoms with Crippen molar-refractivity contribution in [3.63, 3.8) is 0 Å². The van der Waals surface area contributed by atoms with Crippen LogP contribution in [0.3, 0.4) is 0 Å². The Labute approximate surface area is 141 Å². The van der Waals surface area contributed by atoms with Crippen molar-refractivity contribution in [3.8, 4) is 0 Å². The summed E-state index contributed by atoms with van der Waals surface area (Å²) < 4.78 is 0. The van der Waals surface area contributed by atoms with Gasteiger partial charge in [-0.25, -0.2) is 0 Å². The molecule has 6 nitrogen and oxygen atoms in total. The largest absolute Gasteiger partial charge is 0.370 e. The number of guanidine groups is 1. The number of halogens is 1. The van der Waals surface area contributed by atoms with Gasteiger partial charge in [0.1, 0.15) is 5.69 Å². The van der Waals surface area contributed by atoms with Gasteiger partial charge in [0.25, 0.3) is 5.91 Å². The smallest absolute Gasteiger partial charge is 0.274 e. The zero-order valence-electron chi connectivity index (χ0n) is 12.9. The number of aromatic amines is 1. The van der Waals surface area contributed by atoms with Gasteiger partial charge in [-0.15, -0.1) is 12.4 Å². The fourth-order valence-electron chi connectivity index (χ4n) is 2.74. The first kappa shape index (κ1) is 17.3. The third-order valence-electron chi connectivity index (χ3n) is 3.91. The molecule has 0 saturated carbocycles. The highest BCUT2D eigenvalue weighted by molar-refractivity contribution is 6.06. The molecule has 1 aliphatic rings. The summed E-state index contributed by atoms with van der Waals surface area (Å²) >= 11 is 0. The van der Waals surface area contributed by atoms with E-state index in [2.05, 4.69) is 20.2 Å². The lowest BCUT2D eigenvalue weighted by Crippen LogP contribution is -2.37. The minimum absolute atomic E-state index is 0. The Morgan fingerprint density at radius 1 is 1.30 bits per heavy atom. The highest BCUT2D eigenvalue weighted by atomic mass is 35.5. The number of nitrogens with two attached hydrogens (primary N) is 1. The fraction of sp³-hybridized carbons (Fsp3) is 0.375. The molecule has 2 heterocycles. The van der Waals surface area contributed by atoms with Crippen molar-refractivity contribution >= 4 is 35.2 Å². The van der Waals surface area contributed by atoms with Crippen molar-refractivity contribution in [1.29, 1.82) is 0 Å². The van der Waals surface area contributed by atoms with E-state index in [1.807, 2.05) is 30.3 Å². The Balaban J connectivity index is 0.00000192. The van der Waals surface area contributed by atoms with Crippen molar-refractivity contribution in [3.05, 3.63) is 36.0 Å². The van der Waals surface area contributed by atoms with Crippen molar-refractivity contribution in [1.82, 2.24) is 15.2 Å². The summed E-state index contributed by atoms with van der Waals surface area (Å²) in [7, 11) is 0. The number of carbonyl (C=O) groups is 1. The Morgan fingerprint density at radius 2 is 2.04 bits per heavy atom. The van der Waals surface area contributed by atoms with E-state index in [1.54, 1.807) is 0 Å². The Morgan fingerprint density at radius 3 is 2.78 bits per heavy atom. The van der Waals surface area contributed by atoms with Crippen LogP contribution in [-0.4, -0.2) is 47.9 Å². The van der Waals surface area contributed by atoms with Crippen LogP contribution in [0.1, 0.15) is 23.3 Å². The monoisotopic (exact) mass is 335 g/mol. The van der Waals surface area contributed by atoms with E-state index < -0.39 is 0 Å². The van der Waals surface area contributed by atoms with Gasteiger partial charge in [-0.3, -0.25) is 15.1 Å². The number of carbonyl (C=O) groups excluding carboxylic acids is 1. The molecule has 0 aliphatic carbocycles. The zero-order chi connectivity index (χ0) is 15.4. The lowest BCUT2D eigenvalue weighted by molar-refractivity contribution is 0.0972. The van der Waals surface area contributed by atoms with Crippen LogP contribution >= 0.6 is 12.4 Å². The first-order valence-corrected chi connectivity index (χ1v) is 7.64. The van der Waals surface area contributed by atoms with E-state index in [4.69, 9.17) is 5.73 Å². The van der Waals surface area contributed by atoms with Crippen LogP contribution in [0.25, 0.3) is 10.9 Å². The molecule has 2 aromatic rings. The molecule has 3 rings (SSSR count). The predicted molar refractivity (Wildman–Crippen MR) is 95.2 cm³/mol. The molecular formula is C16H22ClN5O. The normalized spacial score (nSPS) is 15.6. The van der Waals surface area contributed by atoms with Gasteiger partial charge in [0.05, 0.1) is 6.54 Å². The Bertz CT molecular complexity index is 658. The second-order valence-corrected chi connectivity index (χ2v) is 5.54. The second-order valence-electron chi connectivity index (χ2n) is 5.54. The third kappa shape index (κ3) is 4.46. The molecule has 0 bridgehead atoms. The summed E-state index contributed by atoms with van der Waals surface area (Å²) in [5, 5.41) is 3.62. The summed E-state index contributed by atoms with van der Waals surface area (Å²) in [6.45, 7) is 3.77. The number of likely N-dealkylation sites (tertiary alicyclic amines) is 1. The van der Waals surface area contributed by atoms with E-state index in [-0.39, 0.29) is 24.3 Å². The van der Waals surface area contributed by atoms with Gasteiger partial charge in [0, 0.05) is 17.4 Å². The summed E-state index contributed by atoms with van der Waals surface area (Å²) in [6, 6.07) is 9.55. The number of amides is 1. The number of para-hydroxylation sites is 1. The average molecular weight is 336 g/mol. The molecule has 0 atom stereocenters.